The fourth-order valence-electron chi connectivity index (χ4n) is 4.67. The Balaban J connectivity index is 1.61. The summed E-state index contributed by atoms with van der Waals surface area (Å²) in [5.41, 5.74) is 3.25. The van der Waals surface area contributed by atoms with Crippen LogP contribution in [0.25, 0.3) is 10.8 Å². The quantitative estimate of drug-likeness (QED) is 0.207. The third-order valence-electron chi connectivity index (χ3n) is 7.14. The first-order chi connectivity index (χ1) is 19.4. The molecule has 1 N–H and O–H groups in total. The van der Waals surface area contributed by atoms with Gasteiger partial charge in [-0.25, -0.2) is 4.98 Å². The first kappa shape index (κ1) is 29.8. The molecule has 0 aliphatic rings. The van der Waals surface area contributed by atoms with Crippen LogP contribution in [0.15, 0.2) is 78.9 Å². The van der Waals surface area contributed by atoms with E-state index in [0.717, 1.165) is 28.6 Å². The highest BCUT2D eigenvalue weighted by atomic mass is 16.5. The number of fused-ring (bicyclic) bond motifs is 1. The molecule has 0 saturated carbocycles. The third kappa shape index (κ3) is 8.16. The molecule has 4 aromatic rings. The maximum Gasteiger partial charge on any atom is 0.306 e. The molecular formula is C35H40N2O4. The minimum atomic E-state index is -0.451. The molecular weight excluding hydrogens is 512 g/mol. The average molecular weight is 553 g/mol. The smallest absolute Gasteiger partial charge is 0.306 e. The number of hydrogen-bond donors (Lipinski definition) is 1. The van der Waals surface area contributed by atoms with Crippen LogP contribution in [0.1, 0.15) is 68.3 Å². The highest BCUT2D eigenvalue weighted by Gasteiger charge is 2.24. The summed E-state index contributed by atoms with van der Waals surface area (Å²) in [5.74, 6) is 0.900. The minimum Gasteiger partial charge on any atom is -0.469 e. The Morgan fingerprint density at radius 3 is 2.17 bits per heavy atom. The summed E-state index contributed by atoms with van der Waals surface area (Å²) in [5, 5.41) is 4.83. The van der Waals surface area contributed by atoms with Crippen molar-refractivity contribution in [2.75, 3.05) is 13.7 Å². The van der Waals surface area contributed by atoms with Gasteiger partial charge in [0.25, 0.3) is 5.91 Å². The Labute approximate surface area is 243 Å². The van der Waals surface area contributed by atoms with Gasteiger partial charge in [0, 0.05) is 17.6 Å². The number of carbonyl (C=O) groups is 2. The molecule has 0 unspecified atom stereocenters. The standard InChI is InChI=1S/C35H40N2O4/c1-34(2,3)26-14-17-27(18-15-26)41-28-16-13-25-20-31(33(39)36-23-35(4,5)22-32(38)40-6)37-30(29(25)21-28)19-12-24-10-8-7-9-11-24/h7-11,13-18,20-21H,12,19,22-23H2,1-6H3,(H,36,39). The van der Waals surface area contributed by atoms with Gasteiger partial charge in [-0.2, -0.15) is 0 Å². The molecule has 6 nitrogen and oxygen atoms in total. The van der Waals surface area contributed by atoms with E-state index in [0.29, 0.717) is 24.4 Å². The van der Waals surface area contributed by atoms with Gasteiger partial charge in [-0.15, -0.1) is 0 Å². The van der Waals surface area contributed by atoms with E-state index < -0.39 is 5.41 Å². The summed E-state index contributed by atoms with van der Waals surface area (Å²) in [4.78, 5) is 29.8. The van der Waals surface area contributed by atoms with Crippen molar-refractivity contribution in [1.29, 1.82) is 0 Å². The third-order valence-corrected chi connectivity index (χ3v) is 7.14. The minimum absolute atomic E-state index is 0.0713. The van der Waals surface area contributed by atoms with Crippen molar-refractivity contribution in [3.8, 4) is 11.5 Å². The van der Waals surface area contributed by atoms with Crippen LogP contribution in [0.5, 0.6) is 11.5 Å². The highest BCUT2D eigenvalue weighted by molar-refractivity contribution is 5.97. The van der Waals surface area contributed by atoms with Crippen molar-refractivity contribution in [3.63, 3.8) is 0 Å². The Morgan fingerprint density at radius 2 is 1.51 bits per heavy atom. The van der Waals surface area contributed by atoms with Crippen molar-refractivity contribution in [1.82, 2.24) is 10.3 Å². The first-order valence-electron chi connectivity index (χ1n) is 14.0. The normalized spacial score (nSPS) is 11.8. The van der Waals surface area contributed by atoms with Crippen molar-refractivity contribution in [2.24, 2.45) is 5.41 Å². The molecule has 0 atom stereocenters. The number of ether oxygens (including phenoxy) is 2. The zero-order chi connectivity index (χ0) is 29.6. The van der Waals surface area contributed by atoms with Crippen LogP contribution in [0, 0.1) is 5.41 Å². The summed E-state index contributed by atoms with van der Waals surface area (Å²) in [6, 6.07) is 26.1. The molecule has 1 amide bonds. The summed E-state index contributed by atoms with van der Waals surface area (Å²) in [6.07, 6.45) is 1.66. The number of esters is 1. The van der Waals surface area contributed by atoms with Gasteiger partial charge in [-0.1, -0.05) is 83.1 Å². The number of methoxy groups -OCH3 is 1. The lowest BCUT2D eigenvalue weighted by molar-refractivity contribution is -0.142. The van der Waals surface area contributed by atoms with Gasteiger partial charge in [-0.3, -0.25) is 9.59 Å². The molecule has 4 rings (SSSR count). The van der Waals surface area contributed by atoms with E-state index in [1.54, 1.807) is 0 Å². The number of amides is 1. The summed E-state index contributed by atoms with van der Waals surface area (Å²) >= 11 is 0. The van der Waals surface area contributed by atoms with E-state index in [4.69, 9.17) is 14.5 Å². The van der Waals surface area contributed by atoms with Gasteiger partial charge >= 0.3 is 5.97 Å². The van der Waals surface area contributed by atoms with E-state index >= 15 is 0 Å². The molecule has 0 radical (unpaired) electrons. The maximum absolute atomic E-state index is 13.2. The summed E-state index contributed by atoms with van der Waals surface area (Å²) in [7, 11) is 1.37. The second kappa shape index (κ2) is 12.5. The second-order valence-corrected chi connectivity index (χ2v) is 12.3. The lowest BCUT2D eigenvalue weighted by Gasteiger charge is -2.23. The molecule has 0 spiro atoms. The van der Waals surface area contributed by atoms with Gasteiger partial charge in [0.1, 0.15) is 17.2 Å². The van der Waals surface area contributed by atoms with E-state index in [9.17, 15) is 9.59 Å². The number of nitrogens with zero attached hydrogens (tertiary/aromatic N) is 1. The predicted octanol–water partition coefficient (Wildman–Crippen LogP) is 7.43. The van der Waals surface area contributed by atoms with Crippen molar-refractivity contribution < 1.29 is 19.1 Å². The van der Waals surface area contributed by atoms with Gasteiger partial charge < -0.3 is 14.8 Å². The van der Waals surface area contributed by atoms with Gasteiger partial charge in [0.15, 0.2) is 0 Å². The summed E-state index contributed by atoms with van der Waals surface area (Å²) < 4.78 is 11.0. The Kier molecular flexibility index (Phi) is 9.11. The maximum atomic E-state index is 13.2. The fraction of sp³-hybridized carbons (Fsp3) is 0.343. The molecule has 0 saturated heterocycles. The zero-order valence-corrected chi connectivity index (χ0v) is 24.9. The Bertz CT molecular complexity index is 1500. The van der Waals surface area contributed by atoms with E-state index in [2.05, 4.69) is 50.4 Å². The molecule has 3 aromatic carbocycles. The van der Waals surface area contributed by atoms with Crippen molar-refractivity contribution in [3.05, 3.63) is 101 Å². The molecule has 1 heterocycles. The molecule has 1 aromatic heterocycles. The lowest BCUT2D eigenvalue weighted by Crippen LogP contribution is -2.36. The van der Waals surface area contributed by atoms with Gasteiger partial charge in [0.05, 0.1) is 13.5 Å². The monoisotopic (exact) mass is 552 g/mol. The fourth-order valence-corrected chi connectivity index (χ4v) is 4.67. The van der Waals surface area contributed by atoms with Crippen LogP contribution in [0.4, 0.5) is 0 Å². The lowest BCUT2D eigenvalue weighted by atomic mass is 9.87. The number of carbonyl (C=O) groups excluding carboxylic acids is 2. The molecule has 0 bridgehead atoms. The topological polar surface area (TPSA) is 77.5 Å². The number of rotatable bonds is 10. The van der Waals surface area contributed by atoms with Crippen molar-refractivity contribution in [2.45, 2.75) is 59.3 Å². The summed E-state index contributed by atoms with van der Waals surface area (Å²) in [6.45, 7) is 10.7. The Hall–Kier alpha value is -4.19. The number of aryl methyl sites for hydroxylation is 2. The molecule has 0 aliphatic heterocycles. The zero-order valence-electron chi connectivity index (χ0n) is 24.9. The molecule has 0 fully saturated rings. The van der Waals surface area contributed by atoms with Gasteiger partial charge in [-0.05, 0) is 70.5 Å². The molecule has 214 valence electrons. The Morgan fingerprint density at radius 1 is 0.829 bits per heavy atom. The predicted molar refractivity (Wildman–Crippen MR) is 164 cm³/mol. The van der Waals surface area contributed by atoms with Crippen LogP contribution in [0.3, 0.4) is 0 Å². The average Bonchev–Trinajstić information content (AvgIpc) is 2.94. The van der Waals surface area contributed by atoms with Crippen LogP contribution < -0.4 is 10.1 Å². The van der Waals surface area contributed by atoms with E-state index in [-0.39, 0.29) is 23.7 Å². The SMILES string of the molecule is COC(=O)CC(C)(C)CNC(=O)c1cc2ccc(Oc3ccc(C(C)(C)C)cc3)cc2c(CCc2ccccc2)n1. The highest BCUT2D eigenvalue weighted by Crippen LogP contribution is 2.30. The molecule has 0 aliphatic carbocycles. The van der Waals surface area contributed by atoms with E-state index in [1.807, 2.05) is 68.4 Å². The largest absolute Gasteiger partial charge is 0.469 e. The number of aromatic nitrogens is 1. The van der Waals surface area contributed by atoms with Crippen molar-refractivity contribution >= 4 is 22.6 Å². The first-order valence-corrected chi connectivity index (χ1v) is 14.0. The molecule has 6 heteroatoms. The van der Waals surface area contributed by atoms with Crippen LogP contribution >= 0.6 is 0 Å². The second-order valence-electron chi connectivity index (χ2n) is 12.3. The van der Waals surface area contributed by atoms with Crippen LogP contribution in [0.2, 0.25) is 0 Å². The van der Waals surface area contributed by atoms with Crippen LogP contribution in [-0.4, -0.2) is 30.5 Å². The van der Waals surface area contributed by atoms with E-state index in [1.165, 1.54) is 18.2 Å². The number of pyridine rings is 1. The van der Waals surface area contributed by atoms with Gasteiger partial charge in [0.2, 0.25) is 0 Å². The number of nitrogens with one attached hydrogen (secondary N) is 1. The molecule has 41 heavy (non-hydrogen) atoms. The van der Waals surface area contributed by atoms with Crippen LogP contribution in [-0.2, 0) is 27.8 Å². The number of hydrogen-bond acceptors (Lipinski definition) is 5. The number of benzene rings is 3.